The number of anilines is 1. The van der Waals surface area contributed by atoms with Gasteiger partial charge in [-0.25, -0.2) is 8.42 Å². The fourth-order valence-corrected chi connectivity index (χ4v) is 3.19. The van der Waals surface area contributed by atoms with Crippen molar-refractivity contribution < 1.29 is 8.42 Å². The lowest BCUT2D eigenvalue weighted by Crippen LogP contribution is -2.31. The second-order valence-corrected chi connectivity index (χ2v) is 5.40. The highest BCUT2D eigenvalue weighted by molar-refractivity contribution is 7.89. The van der Waals surface area contributed by atoms with E-state index in [1.807, 2.05) is 20.8 Å². The minimum absolute atomic E-state index is 0.241. The van der Waals surface area contributed by atoms with Crippen molar-refractivity contribution in [1.29, 1.82) is 0 Å². The Morgan fingerprint density at radius 2 is 1.94 bits per heavy atom. The predicted molar refractivity (Wildman–Crippen MR) is 68.5 cm³/mol. The summed E-state index contributed by atoms with van der Waals surface area (Å²) < 4.78 is 26.1. The molecular formula is C11H19N3O2S. The van der Waals surface area contributed by atoms with Gasteiger partial charge in [0.1, 0.15) is 4.90 Å². The topological polar surface area (TPSA) is 62.3 Å². The maximum Gasteiger partial charge on any atom is 0.246 e. The lowest BCUT2D eigenvalue weighted by atomic mass is 10.4. The van der Waals surface area contributed by atoms with Gasteiger partial charge >= 0.3 is 0 Å². The molecule has 0 bridgehead atoms. The standard InChI is InChI=1S/C11H19N3O2S/c1-4-13-10-7-8-12-9-11(10)17(15,16)14(5-2)6-3/h7-9H,4-6H2,1-3H3,(H,12,13). The Bertz CT molecular complexity index is 456. The van der Waals surface area contributed by atoms with Gasteiger partial charge < -0.3 is 5.32 Å². The summed E-state index contributed by atoms with van der Waals surface area (Å²) in [4.78, 5) is 4.14. The number of nitrogens with one attached hydrogen (secondary N) is 1. The van der Waals surface area contributed by atoms with E-state index < -0.39 is 10.0 Å². The minimum Gasteiger partial charge on any atom is -0.384 e. The molecule has 0 saturated carbocycles. The highest BCUT2D eigenvalue weighted by Gasteiger charge is 2.24. The Balaban J connectivity index is 3.23. The van der Waals surface area contributed by atoms with Crippen molar-refractivity contribution in [2.45, 2.75) is 25.7 Å². The first kappa shape index (κ1) is 13.9. The molecule has 0 spiro atoms. The lowest BCUT2D eigenvalue weighted by molar-refractivity contribution is 0.445. The third-order valence-electron chi connectivity index (χ3n) is 2.47. The van der Waals surface area contributed by atoms with E-state index >= 15 is 0 Å². The van der Waals surface area contributed by atoms with Gasteiger partial charge in [-0.15, -0.1) is 0 Å². The van der Waals surface area contributed by atoms with Crippen molar-refractivity contribution in [2.75, 3.05) is 25.0 Å². The monoisotopic (exact) mass is 257 g/mol. The maximum atomic E-state index is 12.3. The highest BCUT2D eigenvalue weighted by atomic mass is 32.2. The van der Waals surface area contributed by atoms with Gasteiger partial charge in [-0.05, 0) is 13.0 Å². The van der Waals surface area contributed by atoms with E-state index in [9.17, 15) is 8.42 Å². The molecule has 1 aromatic rings. The second kappa shape index (κ2) is 5.97. The van der Waals surface area contributed by atoms with Crippen molar-refractivity contribution in [1.82, 2.24) is 9.29 Å². The van der Waals surface area contributed by atoms with E-state index in [4.69, 9.17) is 0 Å². The van der Waals surface area contributed by atoms with Gasteiger partial charge in [-0.2, -0.15) is 4.31 Å². The van der Waals surface area contributed by atoms with E-state index in [0.717, 1.165) is 0 Å². The quantitative estimate of drug-likeness (QED) is 0.839. The van der Waals surface area contributed by atoms with E-state index in [2.05, 4.69) is 10.3 Å². The van der Waals surface area contributed by atoms with E-state index in [0.29, 0.717) is 25.3 Å². The molecular weight excluding hydrogens is 238 g/mol. The van der Waals surface area contributed by atoms with Gasteiger partial charge in [-0.1, -0.05) is 13.8 Å². The molecule has 1 aromatic heterocycles. The Hall–Kier alpha value is -1.14. The number of hydrogen-bond donors (Lipinski definition) is 1. The molecule has 0 atom stereocenters. The maximum absolute atomic E-state index is 12.3. The molecule has 0 aliphatic heterocycles. The minimum atomic E-state index is -3.45. The van der Waals surface area contributed by atoms with E-state index in [-0.39, 0.29) is 4.90 Å². The second-order valence-electron chi connectivity index (χ2n) is 3.49. The van der Waals surface area contributed by atoms with Crippen LogP contribution in [0.25, 0.3) is 0 Å². The fraction of sp³-hybridized carbons (Fsp3) is 0.545. The van der Waals surface area contributed by atoms with Crippen LogP contribution >= 0.6 is 0 Å². The van der Waals surface area contributed by atoms with Crippen LogP contribution in [0.2, 0.25) is 0 Å². The number of nitrogens with zero attached hydrogens (tertiary/aromatic N) is 2. The summed E-state index contributed by atoms with van der Waals surface area (Å²) in [6.45, 7) is 7.16. The van der Waals surface area contributed by atoms with Crippen LogP contribution in [0.3, 0.4) is 0 Å². The van der Waals surface area contributed by atoms with Gasteiger partial charge in [0, 0.05) is 32.0 Å². The number of pyridine rings is 1. The molecule has 5 nitrogen and oxygen atoms in total. The normalized spacial score (nSPS) is 11.8. The molecule has 0 amide bonds. The Kier molecular flexibility index (Phi) is 4.89. The first-order valence-electron chi connectivity index (χ1n) is 5.75. The van der Waals surface area contributed by atoms with Gasteiger partial charge in [0.25, 0.3) is 0 Å². The average Bonchev–Trinajstić information content (AvgIpc) is 2.31. The zero-order valence-electron chi connectivity index (χ0n) is 10.5. The van der Waals surface area contributed by atoms with Crippen LogP contribution in [0.15, 0.2) is 23.4 Å². The largest absolute Gasteiger partial charge is 0.384 e. The Morgan fingerprint density at radius 1 is 1.29 bits per heavy atom. The molecule has 1 heterocycles. The summed E-state index contributed by atoms with van der Waals surface area (Å²) in [6.07, 6.45) is 2.98. The summed E-state index contributed by atoms with van der Waals surface area (Å²) in [5.41, 5.74) is 0.606. The molecule has 0 aliphatic rings. The van der Waals surface area contributed by atoms with Gasteiger partial charge in [-0.3, -0.25) is 4.98 Å². The molecule has 96 valence electrons. The fourth-order valence-electron chi connectivity index (χ4n) is 1.62. The molecule has 1 rings (SSSR count). The summed E-state index contributed by atoms with van der Waals surface area (Å²) >= 11 is 0. The molecule has 0 radical (unpaired) electrons. The smallest absolute Gasteiger partial charge is 0.246 e. The van der Waals surface area contributed by atoms with Crippen molar-refractivity contribution in [3.05, 3.63) is 18.5 Å². The molecule has 6 heteroatoms. The summed E-state index contributed by atoms with van der Waals surface area (Å²) in [5.74, 6) is 0. The molecule has 0 aromatic carbocycles. The number of rotatable bonds is 6. The highest BCUT2D eigenvalue weighted by Crippen LogP contribution is 2.22. The predicted octanol–water partition coefficient (Wildman–Crippen LogP) is 1.54. The zero-order valence-corrected chi connectivity index (χ0v) is 11.3. The SMILES string of the molecule is CCNc1ccncc1S(=O)(=O)N(CC)CC. The number of sulfonamides is 1. The molecule has 0 saturated heterocycles. The summed E-state index contributed by atoms with van der Waals surface area (Å²) in [5, 5.41) is 3.04. The molecule has 0 unspecified atom stereocenters. The van der Waals surface area contributed by atoms with E-state index in [1.54, 1.807) is 12.3 Å². The van der Waals surface area contributed by atoms with Crippen LogP contribution in [0.5, 0.6) is 0 Å². The zero-order chi connectivity index (χ0) is 12.9. The molecule has 1 N–H and O–H groups in total. The summed E-state index contributed by atoms with van der Waals surface area (Å²) in [7, 11) is -3.45. The van der Waals surface area contributed by atoms with Gasteiger partial charge in [0.2, 0.25) is 10.0 Å². The third kappa shape index (κ3) is 2.95. The van der Waals surface area contributed by atoms with Crippen LogP contribution in [0, 0.1) is 0 Å². The number of aromatic nitrogens is 1. The first-order valence-corrected chi connectivity index (χ1v) is 7.19. The van der Waals surface area contributed by atoms with Crippen LogP contribution in [0.4, 0.5) is 5.69 Å². The number of hydrogen-bond acceptors (Lipinski definition) is 4. The van der Waals surface area contributed by atoms with Crippen molar-refractivity contribution >= 4 is 15.7 Å². The molecule has 0 aliphatic carbocycles. The average molecular weight is 257 g/mol. The Labute approximate surface area is 103 Å². The third-order valence-corrected chi connectivity index (χ3v) is 4.55. The van der Waals surface area contributed by atoms with Gasteiger partial charge in [0.05, 0.1) is 5.69 Å². The Morgan fingerprint density at radius 3 is 2.47 bits per heavy atom. The van der Waals surface area contributed by atoms with Gasteiger partial charge in [0.15, 0.2) is 0 Å². The molecule has 0 fully saturated rings. The van der Waals surface area contributed by atoms with E-state index in [1.165, 1.54) is 10.5 Å². The first-order chi connectivity index (χ1) is 8.07. The van der Waals surface area contributed by atoms with Crippen LogP contribution in [-0.4, -0.2) is 37.3 Å². The van der Waals surface area contributed by atoms with Crippen LogP contribution < -0.4 is 5.32 Å². The van der Waals surface area contributed by atoms with Crippen molar-refractivity contribution in [3.8, 4) is 0 Å². The van der Waals surface area contributed by atoms with Crippen molar-refractivity contribution in [2.24, 2.45) is 0 Å². The van der Waals surface area contributed by atoms with Crippen LogP contribution in [0.1, 0.15) is 20.8 Å². The lowest BCUT2D eigenvalue weighted by Gasteiger charge is -2.20. The summed E-state index contributed by atoms with van der Waals surface area (Å²) in [6, 6.07) is 1.68. The van der Waals surface area contributed by atoms with Crippen LogP contribution in [-0.2, 0) is 10.0 Å². The van der Waals surface area contributed by atoms with Crippen molar-refractivity contribution in [3.63, 3.8) is 0 Å². The molecule has 17 heavy (non-hydrogen) atoms.